The Hall–Kier alpha value is -4.22. The van der Waals surface area contributed by atoms with E-state index in [0.717, 1.165) is 38.9 Å². The molecule has 0 radical (unpaired) electrons. The SMILES string of the molecule is COc1cc(N(C)CCN(C)C)c([N+](=O)[O-])cc1Nc1nc(-c2cn(C)c3ccccc23)c2sccc2n1. The van der Waals surface area contributed by atoms with Gasteiger partial charge < -0.3 is 24.4 Å². The van der Waals surface area contributed by atoms with E-state index in [1.807, 2.05) is 61.6 Å². The van der Waals surface area contributed by atoms with Crippen LogP contribution >= 0.6 is 11.3 Å². The summed E-state index contributed by atoms with van der Waals surface area (Å²) in [7, 11) is 9.32. The zero-order valence-electron chi connectivity index (χ0n) is 21.9. The Morgan fingerprint density at radius 3 is 2.66 bits per heavy atom. The molecule has 1 N–H and O–H groups in total. The van der Waals surface area contributed by atoms with Crippen LogP contribution in [0.1, 0.15) is 0 Å². The second-order valence-corrected chi connectivity index (χ2v) is 10.3. The first kappa shape index (κ1) is 25.4. The van der Waals surface area contributed by atoms with Gasteiger partial charge in [0, 0.05) is 62.0 Å². The summed E-state index contributed by atoms with van der Waals surface area (Å²) < 4.78 is 8.69. The van der Waals surface area contributed by atoms with Crippen LogP contribution in [-0.4, -0.2) is 65.7 Å². The third-order valence-corrected chi connectivity index (χ3v) is 7.40. The molecule has 0 atom stereocenters. The van der Waals surface area contributed by atoms with Crippen LogP contribution < -0.4 is 15.0 Å². The number of nitrogens with one attached hydrogen (secondary N) is 1. The Morgan fingerprint density at radius 1 is 1.13 bits per heavy atom. The van der Waals surface area contributed by atoms with Crippen LogP contribution in [0.3, 0.4) is 0 Å². The lowest BCUT2D eigenvalue weighted by molar-refractivity contribution is -0.384. The van der Waals surface area contributed by atoms with Gasteiger partial charge in [-0.15, -0.1) is 11.3 Å². The molecule has 196 valence electrons. The average Bonchev–Trinajstić information content (AvgIpc) is 3.51. The predicted molar refractivity (Wildman–Crippen MR) is 154 cm³/mol. The number of nitro groups is 1. The Kier molecular flexibility index (Phi) is 6.87. The second kappa shape index (κ2) is 10.3. The van der Waals surface area contributed by atoms with E-state index in [4.69, 9.17) is 14.7 Å². The van der Waals surface area contributed by atoms with Crippen molar-refractivity contribution in [2.75, 3.05) is 51.6 Å². The van der Waals surface area contributed by atoms with Crippen LogP contribution in [0.5, 0.6) is 5.75 Å². The van der Waals surface area contributed by atoms with Crippen molar-refractivity contribution >= 4 is 55.5 Å². The molecule has 5 rings (SSSR count). The van der Waals surface area contributed by atoms with Crippen LogP contribution in [0.2, 0.25) is 0 Å². The summed E-state index contributed by atoms with van der Waals surface area (Å²) in [5.74, 6) is 0.795. The third kappa shape index (κ3) is 4.73. The Morgan fingerprint density at radius 2 is 1.92 bits per heavy atom. The molecular formula is C27H29N7O3S. The lowest BCUT2D eigenvalue weighted by atomic mass is 10.1. The summed E-state index contributed by atoms with van der Waals surface area (Å²) in [6.45, 7) is 1.37. The lowest BCUT2D eigenvalue weighted by Gasteiger charge is -2.22. The zero-order chi connectivity index (χ0) is 27.0. The fourth-order valence-electron chi connectivity index (χ4n) is 4.50. The number of nitro benzene ring substituents is 1. The fraction of sp³-hybridized carbons (Fsp3) is 0.259. The van der Waals surface area contributed by atoms with Gasteiger partial charge in [0.1, 0.15) is 11.4 Å². The number of hydrogen-bond donors (Lipinski definition) is 1. The molecule has 0 aliphatic carbocycles. The van der Waals surface area contributed by atoms with E-state index < -0.39 is 0 Å². The molecule has 0 unspecified atom stereocenters. The Bertz CT molecular complexity index is 1640. The van der Waals surface area contributed by atoms with Crippen molar-refractivity contribution < 1.29 is 9.66 Å². The topological polar surface area (TPSA) is 102 Å². The molecule has 0 aliphatic rings. The first-order valence-electron chi connectivity index (χ1n) is 12.1. The van der Waals surface area contributed by atoms with Crippen LogP contribution in [0, 0.1) is 10.1 Å². The first-order valence-corrected chi connectivity index (χ1v) is 12.9. The monoisotopic (exact) mass is 531 g/mol. The molecule has 11 heteroatoms. The van der Waals surface area contributed by atoms with Crippen molar-refractivity contribution in [3.05, 3.63) is 64.2 Å². The highest BCUT2D eigenvalue weighted by Crippen LogP contribution is 2.40. The van der Waals surface area contributed by atoms with Crippen molar-refractivity contribution in [3.8, 4) is 17.0 Å². The van der Waals surface area contributed by atoms with Crippen molar-refractivity contribution in [3.63, 3.8) is 0 Å². The summed E-state index contributed by atoms with van der Waals surface area (Å²) in [6.07, 6.45) is 2.07. The number of ether oxygens (including phenoxy) is 1. The van der Waals surface area contributed by atoms with Gasteiger partial charge in [-0.25, -0.2) is 9.97 Å². The van der Waals surface area contributed by atoms with Gasteiger partial charge in [-0.05, 0) is 31.6 Å². The smallest absolute Gasteiger partial charge is 0.294 e. The van der Waals surface area contributed by atoms with Gasteiger partial charge in [0.25, 0.3) is 5.69 Å². The van der Waals surface area contributed by atoms with Gasteiger partial charge >= 0.3 is 0 Å². The summed E-state index contributed by atoms with van der Waals surface area (Å²) in [4.78, 5) is 25.1. The number of rotatable bonds is 9. The standard InChI is InChI=1S/C27H29N7O3S/c1-31(2)11-12-32(3)22-15-24(37-5)20(14-23(22)34(35)36)29-27-28-19-10-13-38-26(19)25(30-27)18-16-33(4)21-9-7-6-8-17(18)21/h6-10,13-16H,11-12H2,1-5H3,(H,28,29,30). The molecule has 2 aromatic carbocycles. The van der Waals surface area contributed by atoms with Crippen LogP contribution in [-0.2, 0) is 7.05 Å². The van der Waals surface area contributed by atoms with Crippen molar-refractivity contribution in [2.24, 2.45) is 7.05 Å². The second-order valence-electron chi connectivity index (χ2n) is 9.35. The molecule has 3 aromatic heterocycles. The van der Waals surface area contributed by atoms with E-state index in [1.54, 1.807) is 24.5 Å². The maximum absolute atomic E-state index is 12.0. The molecule has 38 heavy (non-hydrogen) atoms. The summed E-state index contributed by atoms with van der Waals surface area (Å²) in [6, 6.07) is 13.3. The summed E-state index contributed by atoms with van der Waals surface area (Å²) >= 11 is 1.58. The van der Waals surface area contributed by atoms with E-state index in [2.05, 4.69) is 28.2 Å². The van der Waals surface area contributed by atoms with Gasteiger partial charge in [0.05, 0.1) is 33.6 Å². The molecule has 5 aromatic rings. The van der Waals surface area contributed by atoms with Crippen molar-refractivity contribution in [1.29, 1.82) is 0 Å². The number of fused-ring (bicyclic) bond motifs is 2. The number of aromatic nitrogens is 3. The molecule has 0 aliphatic heterocycles. The molecule has 0 fully saturated rings. The maximum Gasteiger partial charge on any atom is 0.294 e. The number of benzene rings is 2. The van der Waals surface area contributed by atoms with E-state index in [0.29, 0.717) is 29.6 Å². The first-order chi connectivity index (χ1) is 18.3. The van der Waals surface area contributed by atoms with Crippen LogP contribution in [0.25, 0.3) is 32.4 Å². The number of hydrogen-bond acceptors (Lipinski definition) is 9. The highest BCUT2D eigenvalue weighted by atomic mass is 32.1. The molecule has 0 bridgehead atoms. The van der Waals surface area contributed by atoms with E-state index in [1.165, 1.54) is 6.07 Å². The minimum Gasteiger partial charge on any atom is -0.494 e. The van der Waals surface area contributed by atoms with Crippen molar-refractivity contribution in [2.45, 2.75) is 0 Å². The van der Waals surface area contributed by atoms with Gasteiger partial charge in [-0.3, -0.25) is 10.1 Å². The number of anilines is 3. The van der Waals surface area contributed by atoms with E-state index >= 15 is 0 Å². The van der Waals surface area contributed by atoms with E-state index in [9.17, 15) is 10.1 Å². The summed E-state index contributed by atoms with van der Waals surface area (Å²) in [5, 5.41) is 18.3. The molecule has 0 spiro atoms. The highest BCUT2D eigenvalue weighted by molar-refractivity contribution is 7.17. The average molecular weight is 532 g/mol. The minimum absolute atomic E-state index is 0.0274. The zero-order valence-corrected chi connectivity index (χ0v) is 22.7. The van der Waals surface area contributed by atoms with Gasteiger partial charge in [-0.2, -0.15) is 0 Å². The van der Waals surface area contributed by atoms with Crippen LogP contribution in [0.15, 0.2) is 54.0 Å². The van der Waals surface area contributed by atoms with E-state index in [-0.39, 0.29) is 10.6 Å². The van der Waals surface area contributed by atoms with Gasteiger partial charge in [0.15, 0.2) is 0 Å². The number of nitrogens with zero attached hydrogens (tertiary/aromatic N) is 6. The Labute approximate surface area is 224 Å². The number of likely N-dealkylation sites (N-methyl/N-ethyl adjacent to an activating group) is 2. The minimum atomic E-state index is -0.378. The molecule has 0 amide bonds. The quantitative estimate of drug-likeness (QED) is 0.196. The molecule has 3 heterocycles. The predicted octanol–water partition coefficient (Wildman–Crippen LogP) is 5.51. The third-order valence-electron chi connectivity index (χ3n) is 6.49. The van der Waals surface area contributed by atoms with Gasteiger partial charge in [-0.1, -0.05) is 18.2 Å². The fourth-order valence-corrected chi connectivity index (χ4v) is 5.33. The number of aryl methyl sites for hydroxylation is 1. The normalized spacial score (nSPS) is 11.4. The highest BCUT2D eigenvalue weighted by Gasteiger charge is 2.23. The van der Waals surface area contributed by atoms with Gasteiger partial charge in [0.2, 0.25) is 5.95 Å². The number of methoxy groups -OCH3 is 1. The molecule has 10 nitrogen and oxygen atoms in total. The largest absolute Gasteiger partial charge is 0.494 e. The molecule has 0 saturated carbocycles. The lowest BCUT2D eigenvalue weighted by Crippen LogP contribution is -2.28. The number of para-hydroxylation sites is 1. The number of thiophene rings is 1. The Balaban J connectivity index is 1.59. The molecule has 0 saturated heterocycles. The maximum atomic E-state index is 12.0. The van der Waals surface area contributed by atoms with Crippen molar-refractivity contribution in [1.82, 2.24) is 19.4 Å². The van der Waals surface area contributed by atoms with Crippen LogP contribution in [0.4, 0.5) is 23.0 Å². The summed E-state index contributed by atoms with van der Waals surface area (Å²) in [5.41, 5.74) is 4.57. The molecular weight excluding hydrogens is 502 g/mol.